The highest BCUT2D eigenvalue weighted by atomic mass is 19.4. The van der Waals surface area contributed by atoms with E-state index >= 15 is 0 Å². The van der Waals surface area contributed by atoms with Crippen LogP contribution in [0, 0.1) is 10.1 Å². The van der Waals surface area contributed by atoms with Crippen LogP contribution < -0.4 is 0 Å². The molecule has 0 aromatic carbocycles. The molecule has 9 nitrogen and oxygen atoms in total. The SMILES string of the molecule is CC1=NN(C(=O)[C@H](C)n2cc([N+](=O)[O-])cn2)[C@@](O)(C(F)(F)F)C1. The van der Waals surface area contributed by atoms with Crippen LogP contribution in [0.25, 0.3) is 0 Å². The lowest BCUT2D eigenvalue weighted by atomic mass is 10.1. The van der Waals surface area contributed by atoms with Crippen LogP contribution in [-0.2, 0) is 4.79 Å². The number of carbonyl (C=O) groups excluding carboxylic acids is 1. The number of hydrogen-bond donors (Lipinski definition) is 1. The molecule has 23 heavy (non-hydrogen) atoms. The van der Waals surface area contributed by atoms with Crippen molar-refractivity contribution in [1.82, 2.24) is 14.8 Å². The summed E-state index contributed by atoms with van der Waals surface area (Å²) in [6.45, 7) is 2.44. The number of hydrogen-bond acceptors (Lipinski definition) is 6. The fraction of sp³-hybridized carbons (Fsp3) is 0.545. The number of alkyl halides is 3. The summed E-state index contributed by atoms with van der Waals surface area (Å²) in [4.78, 5) is 22.1. The molecule has 0 fully saturated rings. The van der Waals surface area contributed by atoms with Crippen molar-refractivity contribution in [3.63, 3.8) is 0 Å². The van der Waals surface area contributed by atoms with Gasteiger partial charge in [0.2, 0.25) is 0 Å². The number of amides is 1. The third kappa shape index (κ3) is 2.76. The van der Waals surface area contributed by atoms with Gasteiger partial charge in [-0.3, -0.25) is 19.6 Å². The first kappa shape index (κ1) is 16.9. The molecule has 1 amide bonds. The van der Waals surface area contributed by atoms with Crippen LogP contribution in [0.1, 0.15) is 26.3 Å². The van der Waals surface area contributed by atoms with Gasteiger partial charge in [-0.05, 0) is 13.8 Å². The predicted octanol–water partition coefficient (Wildman–Crippen LogP) is 1.21. The number of carbonyl (C=O) groups is 1. The summed E-state index contributed by atoms with van der Waals surface area (Å²) in [5.74, 6) is -1.19. The van der Waals surface area contributed by atoms with E-state index in [1.807, 2.05) is 0 Å². The Bertz CT molecular complexity index is 685. The van der Waals surface area contributed by atoms with Gasteiger partial charge in [0.05, 0.1) is 4.92 Å². The fourth-order valence-corrected chi connectivity index (χ4v) is 2.10. The summed E-state index contributed by atoms with van der Waals surface area (Å²) in [7, 11) is 0. The van der Waals surface area contributed by atoms with Gasteiger partial charge in [-0.25, -0.2) is 0 Å². The minimum Gasteiger partial charge on any atom is -0.362 e. The number of rotatable bonds is 3. The fourth-order valence-electron chi connectivity index (χ4n) is 2.10. The molecule has 1 aromatic heterocycles. The molecule has 0 saturated heterocycles. The Morgan fingerprint density at radius 2 is 2.17 bits per heavy atom. The van der Waals surface area contributed by atoms with Crippen molar-refractivity contribution < 1.29 is 28.0 Å². The number of nitro groups is 1. The van der Waals surface area contributed by atoms with Gasteiger partial charge in [0.25, 0.3) is 11.6 Å². The Hall–Kier alpha value is -2.50. The van der Waals surface area contributed by atoms with Crippen LogP contribution >= 0.6 is 0 Å². The minimum atomic E-state index is -5.11. The average molecular weight is 335 g/mol. The largest absolute Gasteiger partial charge is 0.438 e. The number of halogens is 3. The second-order valence-electron chi connectivity index (χ2n) is 5.09. The summed E-state index contributed by atoms with van der Waals surface area (Å²) in [6, 6.07) is -1.33. The Labute approximate surface area is 127 Å². The van der Waals surface area contributed by atoms with E-state index in [0.717, 1.165) is 17.1 Å². The molecule has 1 aliphatic rings. The monoisotopic (exact) mass is 335 g/mol. The zero-order chi connectivity index (χ0) is 17.6. The smallest absolute Gasteiger partial charge is 0.362 e. The molecule has 0 saturated carbocycles. The van der Waals surface area contributed by atoms with Crippen LogP contribution in [-0.4, -0.2) is 48.3 Å². The Balaban J connectivity index is 2.32. The van der Waals surface area contributed by atoms with E-state index in [1.54, 1.807) is 0 Å². The van der Waals surface area contributed by atoms with Crippen molar-refractivity contribution >= 4 is 17.3 Å². The topological polar surface area (TPSA) is 114 Å². The molecule has 2 rings (SSSR count). The highest BCUT2D eigenvalue weighted by molar-refractivity contribution is 5.90. The molecule has 0 aliphatic carbocycles. The van der Waals surface area contributed by atoms with Gasteiger partial charge >= 0.3 is 11.9 Å². The summed E-state index contributed by atoms with van der Waals surface area (Å²) in [5, 5.41) is 27.4. The maximum atomic E-state index is 13.1. The van der Waals surface area contributed by atoms with Crippen molar-refractivity contribution in [2.24, 2.45) is 5.10 Å². The Morgan fingerprint density at radius 1 is 1.57 bits per heavy atom. The average Bonchev–Trinajstić information content (AvgIpc) is 3.01. The highest BCUT2D eigenvalue weighted by Gasteiger charge is 2.63. The number of aliphatic hydroxyl groups is 1. The lowest BCUT2D eigenvalue weighted by Crippen LogP contribution is -2.57. The lowest BCUT2D eigenvalue weighted by molar-refractivity contribution is -0.385. The van der Waals surface area contributed by atoms with Gasteiger partial charge in [-0.15, -0.1) is 0 Å². The number of nitrogens with zero attached hydrogens (tertiary/aromatic N) is 5. The molecule has 1 aliphatic heterocycles. The van der Waals surface area contributed by atoms with Crippen molar-refractivity contribution in [2.75, 3.05) is 0 Å². The molecule has 2 atom stereocenters. The highest BCUT2D eigenvalue weighted by Crippen LogP contribution is 2.41. The minimum absolute atomic E-state index is 0.0412. The molecule has 126 valence electrons. The first-order chi connectivity index (χ1) is 10.5. The molecule has 0 spiro atoms. The van der Waals surface area contributed by atoms with Crippen LogP contribution in [0.3, 0.4) is 0 Å². The molecule has 0 radical (unpaired) electrons. The third-order valence-corrected chi connectivity index (χ3v) is 3.34. The van der Waals surface area contributed by atoms with E-state index < -0.39 is 40.9 Å². The van der Waals surface area contributed by atoms with Gasteiger partial charge in [-0.1, -0.05) is 0 Å². The third-order valence-electron chi connectivity index (χ3n) is 3.34. The van der Waals surface area contributed by atoms with Crippen molar-refractivity contribution in [3.8, 4) is 0 Å². The second-order valence-corrected chi connectivity index (χ2v) is 5.09. The molecule has 1 N–H and O–H groups in total. The van der Waals surface area contributed by atoms with Gasteiger partial charge in [0.15, 0.2) is 0 Å². The standard InChI is InChI=1S/C11H12F3N5O4/c1-6-3-10(21,11(12,13)14)18(16-6)9(20)7(2)17-5-8(4-15-17)19(22)23/h4-5,7,21H,3H2,1-2H3/t7-,10-/m0/s1. The van der Waals surface area contributed by atoms with Crippen LogP contribution in [0.15, 0.2) is 17.5 Å². The van der Waals surface area contributed by atoms with E-state index in [2.05, 4.69) is 10.2 Å². The second kappa shape index (κ2) is 5.30. The summed E-state index contributed by atoms with van der Waals surface area (Å²) in [5.41, 5.74) is -3.93. The molecule has 2 heterocycles. The van der Waals surface area contributed by atoms with E-state index in [0.29, 0.717) is 0 Å². The normalized spacial score (nSPS) is 22.9. The molecule has 12 heteroatoms. The molecule has 1 aromatic rings. The first-order valence-corrected chi connectivity index (χ1v) is 6.33. The molecular formula is C11H12F3N5O4. The van der Waals surface area contributed by atoms with Crippen LogP contribution in [0.2, 0.25) is 0 Å². The van der Waals surface area contributed by atoms with E-state index in [1.165, 1.54) is 13.8 Å². The molecular weight excluding hydrogens is 323 g/mol. The summed E-state index contributed by atoms with van der Waals surface area (Å²) in [6.07, 6.45) is -4.21. The van der Waals surface area contributed by atoms with E-state index in [9.17, 15) is 33.2 Å². The summed E-state index contributed by atoms with van der Waals surface area (Å²) >= 11 is 0. The summed E-state index contributed by atoms with van der Waals surface area (Å²) < 4.78 is 40.1. The zero-order valence-electron chi connectivity index (χ0n) is 12.0. The zero-order valence-corrected chi connectivity index (χ0v) is 12.0. The van der Waals surface area contributed by atoms with E-state index in [-0.39, 0.29) is 10.7 Å². The van der Waals surface area contributed by atoms with Gasteiger partial charge in [0, 0.05) is 12.1 Å². The number of hydrazone groups is 1. The Morgan fingerprint density at radius 3 is 2.65 bits per heavy atom. The van der Waals surface area contributed by atoms with Gasteiger partial charge in [0.1, 0.15) is 18.4 Å². The van der Waals surface area contributed by atoms with Gasteiger partial charge < -0.3 is 5.11 Å². The lowest BCUT2D eigenvalue weighted by Gasteiger charge is -2.33. The quantitative estimate of drug-likeness (QED) is 0.659. The maximum Gasteiger partial charge on any atom is 0.438 e. The van der Waals surface area contributed by atoms with Crippen LogP contribution in [0.4, 0.5) is 18.9 Å². The molecule has 0 unspecified atom stereocenters. The van der Waals surface area contributed by atoms with Gasteiger partial charge in [-0.2, -0.15) is 28.4 Å². The van der Waals surface area contributed by atoms with E-state index in [4.69, 9.17) is 0 Å². The Kier molecular flexibility index (Phi) is 3.88. The predicted molar refractivity (Wildman–Crippen MR) is 69.2 cm³/mol. The number of aromatic nitrogens is 2. The van der Waals surface area contributed by atoms with Crippen LogP contribution in [0.5, 0.6) is 0 Å². The maximum absolute atomic E-state index is 13.1. The van der Waals surface area contributed by atoms with Crippen molar-refractivity contribution in [1.29, 1.82) is 0 Å². The first-order valence-electron chi connectivity index (χ1n) is 6.33. The van der Waals surface area contributed by atoms with Crippen molar-refractivity contribution in [2.45, 2.75) is 38.2 Å². The van der Waals surface area contributed by atoms with Crippen molar-refractivity contribution in [3.05, 3.63) is 22.5 Å². The molecule has 0 bridgehead atoms.